The lowest BCUT2D eigenvalue weighted by molar-refractivity contribution is -0.150. The maximum Gasteiger partial charge on any atom is 0.411 e. The highest BCUT2D eigenvalue weighted by molar-refractivity contribution is 6.31. The van der Waals surface area contributed by atoms with Gasteiger partial charge in [-0.3, -0.25) is 14.9 Å². The molecule has 186 valence electrons. The number of anilines is 2. The molecular weight excluding hydrogens is 493 g/mol. The number of carbonyl (C=O) groups is 4. The van der Waals surface area contributed by atoms with Gasteiger partial charge in [-0.2, -0.15) is 0 Å². The summed E-state index contributed by atoms with van der Waals surface area (Å²) >= 11 is 5.93. The lowest BCUT2D eigenvalue weighted by Gasteiger charge is -2.33. The van der Waals surface area contributed by atoms with Crippen LogP contribution < -0.4 is 11.1 Å². The molecule has 1 fully saturated rings. The van der Waals surface area contributed by atoms with Crippen molar-refractivity contribution in [2.24, 2.45) is 5.92 Å². The van der Waals surface area contributed by atoms with E-state index in [1.54, 1.807) is 12.1 Å². The minimum absolute atomic E-state index is 0.0165. The molecule has 0 aromatic heterocycles. The summed E-state index contributed by atoms with van der Waals surface area (Å²) < 4.78 is 19.8. The Bertz CT molecular complexity index is 1360. The van der Waals surface area contributed by atoms with Gasteiger partial charge < -0.3 is 20.5 Å². The number of rotatable bonds is 5. The molecule has 36 heavy (non-hydrogen) atoms. The van der Waals surface area contributed by atoms with Gasteiger partial charge in [0.05, 0.1) is 10.7 Å². The number of benzene rings is 2. The predicted octanol–water partition coefficient (Wildman–Crippen LogP) is 3.39. The van der Waals surface area contributed by atoms with Gasteiger partial charge in [-0.25, -0.2) is 14.0 Å². The van der Waals surface area contributed by atoms with E-state index in [4.69, 9.17) is 22.1 Å². The highest BCUT2D eigenvalue weighted by atomic mass is 35.5. The molecule has 3 heterocycles. The summed E-state index contributed by atoms with van der Waals surface area (Å²) in [6.45, 7) is 0.115. The summed E-state index contributed by atoms with van der Waals surface area (Å²) in [7, 11) is 0. The van der Waals surface area contributed by atoms with Gasteiger partial charge in [0.15, 0.2) is 17.6 Å². The van der Waals surface area contributed by atoms with Crippen molar-refractivity contribution in [2.75, 3.05) is 11.1 Å². The Morgan fingerprint density at radius 3 is 2.78 bits per heavy atom. The molecule has 11 heteroatoms. The lowest BCUT2D eigenvalue weighted by Crippen LogP contribution is -2.48. The number of nitrogens with one attached hydrogen (secondary N) is 1. The fraction of sp³-hybridized carbons (Fsp3) is 0.280. The largest absolute Gasteiger partial charge is 0.479 e. The van der Waals surface area contributed by atoms with Crippen LogP contribution in [0.3, 0.4) is 0 Å². The summed E-state index contributed by atoms with van der Waals surface area (Å²) in [5.41, 5.74) is 8.59. The Balaban J connectivity index is 1.44. The Morgan fingerprint density at radius 1 is 1.25 bits per heavy atom. The second-order valence-corrected chi connectivity index (χ2v) is 9.40. The second-order valence-electron chi connectivity index (χ2n) is 8.99. The molecule has 1 saturated heterocycles. The van der Waals surface area contributed by atoms with E-state index in [0.717, 1.165) is 22.1 Å². The van der Waals surface area contributed by atoms with Crippen molar-refractivity contribution in [3.63, 3.8) is 0 Å². The number of hydrogen-bond acceptors (Lipinski definition) is 6. The van der Waals surface area contributed by atoms with Crippen LogP contribution in [-0.4, -0.2) is 45.8 Å². The van der Waals surface area contributed by atoms with E-state index in [2.05, 4.69) is 5.32 Å². The number of nitrogens with two attached hydrogens (primary N) is 1. The van der Waals surface area contributed by atoms with Crippen molar-refractivity contribution in [2.45, 2.75) is 38.0 Å². The minimum atomic E-state index is -1.61. The first-order valence-corrected chi connectivity index (χ1v) is 11.6. The van der Waals surface area contributed by atoms with Crippen LogP contribution in [0.25, 0.3) is 5.57 Å². The fourth-order valence-corrected chi connectivity index (χ4v) is 5.41. The number of nitrogen functional groups attached to an aromatic ring is 1. The molecule has 2 amide bonds. The average Bonchev–Trinajstić information content (AvgIpc) is 3.12. The molecule has 2 aromatic rings. The highest BCUT2D eigenvalue weighted by Crippen LogP contribution is 2.42. The Morgan fingerprint density at radius 2 is 2.03 bits per heavy atom. The zero-order chi connectivity index (χ0) is 25.7. The van der Waals surface area contributed by atoms with Gasteiger partial charge in [-0.15, -0.1) is 0 Å². The second kappa shape index (κ2) is 8.94. The van der Waals surface area contributed by atoms with Crippen LogP contribution in [-0.2, 0) is 32.1 Å². The number of carboxylic acids is 1. The molecule has 0 aliphatic carbocycles. The number of Topliss-reactive ketones (excluding diaryl/α,β-unsaturated/α-hetero) is 1. The van der Waals surface area contributed by atoms with E-state index in [-0.39, 0.29) is 41.3 Å². The minimum Gasteiger partial charge on any atom is -0.479 e. The zero-order valence-corrected chi connectivity index (χ0v) is 19.5. The van der Waals surface area contributed by atoms with Gasteiger partial charge in [-0.1, -0.05) is 23.7 Å². The third-order valence-corrected chi connectivity index (χ3v) is 7.20. The van der Waals surface area contributed by atoms with E-state index in [0.29, 0.717) is 12.1 Å². The maximum absolute atomic E-state index is 14.9. The molecule has 0 radical (unpaired) electrons. The molecule has 5 rings (SSSR count). The number of hydrogen-bond donors (Lipinski definition) is 3. The van der Waals surface area contributed by atoms with Crippen LogP contribution in [0.1, 0.15) is 29.5 Å². The third kappa shape index (κ3) is 3.97. The predicted molar refractivity (Wildman–Crippen MR) is 128 cm³/mol. The lowest BCUT2D eigenvalue weighted by atomic mass is 9.84. The number of fused-ring (bicyclic) bond motifs is 2. The Hall–Kier alpha value is -3.92. The molecule has 2 unspecified atom stereocenters. The van der Waals surface area contributed by atoms with Crippen molar-refractivity contribution in [3.8, 4) is 0 Å². The Kier molecular flexibility index (Phi) is 5.91. The van der Waals surface area contributed by atoms with Gasteiger partial charge in [0.1, 0.15) is 6.61 Å². The first-order chi connectivity index (χ1) is 17.2. The molecule has 9 nitrogen and oxygen atoms in total. The number of amides is 2. The average molecular weight is 514 g/mol. The number of carboxylic acid groups (broad SMARTS) is 1. The quantitative estimate of drug-likeness (QED) is 0.411. The molecule has 3 aliphatic heterocycles. The van der Waals surface area contributed by atoms with E-state index < -0.39 is 47.6 Å². The molecule has 0 saturated carbocycles. The monoisotopic (exact) mass is 513 g/mol. The number of cyclic esters (lactones) is 1. The van der Waals surface area contributed by atoms with E-state index in [9.17, 15) is 28.7 Å². The van der Waals surface area contributed by atoms with Crippen molar-refractivity contribution in [3.05, 3.63) is 63.9 Å². The van der Waals surface area contributed by atoms with Gasteiger partial charge in [0, 0.05) is 34.9 Å². The standard InChI is InChI=1S/C25H21ClFN3O6/c26-15-4-5-16(28)20(21(15)27)12-8-18-14(23(32)22(24(33)34)30(18)19(31)9-12)3-1-11-2-6-17-13(7-11)10-36-25(35)29-17/h2,4-7,9,14,18,22H,1,3,8,10,28H2,(H,29,35)(H,33,34)/t14?,18?,22-/m0/s1. The highest BCUT2D eigenvalue weighted by Gasteiger charge is 2.54. The normalized spacial score (nSPS) is 22.9. The molecule has 4 N–H and O–H groups in total. The van der Waals surface area contributed by atoms with E-state index >= 15 is 0 Å². The number of ketones is 1. The first kappa shape index (κ1) is 23.8. The van der Waals surface area contributed by atoms with E-state index in [1.807, 2.05) is 6.07 Å². The van der Waals surface area contributed by atoms with Crippen LogP contribution >= 0.6 is 11.6 Å². The van der Waals surface area contributed by atoms with Crippen LogP contribution in [0.5, 0.6) is 0 Å². The number of carbonyl (C=O) groups excluding carboxylic acids is 3. The number of aliphatic carboxylic acids is 1. The van der Waals surface area contributed by atoms with Gasteiger partial charge in [-0.05, 0) is 48.6 Å². The number of halogens is 2. The summed E-state index contributed by atoms with van der Waals surface area (Å²) in [5.74, 6) is -4.22. The smallest absolute Gasteiger partial charge is 0.411 e. The van der Waals surface area contributed by atoms with Crippen molar-refractivity contribution < 1.29 is 33.4 Å². The summed E-state index contributed by atoms with van der Waals surface area (Å²) in [4.78, 5) is 50.6. The molecular formula is C25H21ClFN3O6. The maximum atomic E-state index is 14.9. The van der Waals surface area contributed by atoms with Crippen molar-refractivity contribution in [1.82, 2.24) is 4.90 Å². The third-order valence-electron chi connectivity index (χ3n) is 6.91. The summed E-state index contributed by atoms with van der Waals surface area (Å²) in [6.07, 6.45) is 1.33. The van der Waals surface area contributed by atoms with Gasteiger partial charge in [0.25, 0.3) is 0 Å². The fourth-order valence-electron chi connectivity index (χ4n) is 5.25. The van der Waals surface area contributed by atoms with Crippen molar-refractivity contribution in [1.29, 1.82) is 0 Å². The molecule has 2 aromatic carbocycles. The topological polar surface area (TPSA) is 139 Å². The van der Waals surface area contributed by atoms with E-state index in [1.165, 1.54) is 12.1 Å². The zero-order valence-electron chi connectivity index (χ0n) is 18.8. The first-order valence-electron chi connectivity index (χ1n) is 11.2. The van der Waals surface area contributed by atoms with Gasteiger partial charge in [0.2, 0.25) is 5.91 Å². The summed E-state index contributed by atoms with van der Waals surface area (Å²) in [5, 5.41) is 12.2. The van der Waals surface area contributed by atoms with Crippen LogP contribution in [0.2, 0.25) is 5.02 Å². The van der Waals surface area contributed by atoms with Crippen LogP contribution in [0, 0.1) is 11.7 Å². The Labute approximate surface area is 209 Å². The van der Waals surface area contributed by atoms with Gasteiger partial charge >= 0.3 is 12.1 Å². The van der Waals surface area contributed by atoms with Crippen LogP contribution in [0.4, 0.5) is 20.6 Å². The number of ether oxygens (including phenoxy) is 1. The summed E-state index contributed by atoms with van der Waals surface area (Å²) in [6, 6.07) is 5.74. The molecule has 3 aliphatic rings. The van der Waals surface area contributed by atoms with Crippen molar-refractivity contribution >= 4 is 52.3 Å². The molecule has 0 bridgehead atoms. The molecule has 3 atom stereocenters. The number of nitrogens with zero attached hydrogens (tertiary/aromatic N) is 1. The molecule has 0 spiro atoms. The number of aryl methyl sites for hydroxylation is 1. The van der Waals surface area contributed by atoms with Crippen LogP contribution in [0.15, 0.2) is 36.4 Å². The SMILES string of the molecule is Nc1ccc(Cl)c(F)c1C1=CC(=O)N2C(C1)C(CCc1ccc3c(c1)COC(=O)N3)C(=O)[C@H]2C(=O)O.